The lowest BCUT2D eigenvalue weighted by molar-refractivity contribution is -0.162. The van der Waals surface area contributed by atoms with Crippen LogP contribution in [0.25, 0.3) is 0 Å². The molecule has 3 aromatic rings. The smallest absolute Gasteiger partial charge is 0.255 e. The van der Waals surface area contributed by atoms with Gasteiger partial charge in [0.15, 0.2) is 0 Å². The normalized spacial score (nSPS) is 17.9. The molecule has 2 atom stereocenters. The minimum Gasteiger partial charge on any atom is -0.394 e. The van der Waals surface area contributed by atoms with E-state index in [4.69, 9.17) is 10.00 Å². The van der Waals surface area contributed by atoms with E-state index in [1.54, 1.807) is 65.8 Å². The van der Waals surface area contributed by atoms with Gasteiger partial charge in [-0.3, -0.25) is 14.6 Å². The van der Waals surface area contributed by atoms with E-state index in [0.29, 0.717) is 23.4 Å². The topological polar surface area (TPSA) is 116 Å². The second-order valence-electron chi connectivity index (χ2n) is 7.63. The van der Waals surface area contributed by atoms with E-state index in [9.17, 15) is 14.7 Å². The molecule has 0 saturated carbocycles. The van der Waals surface area contributed by atoms with Crippen molar-refractivity contribution in [2.45, 2.75) is 18.7 Å². The van der Waals surface area contributed by atoms with Crippen molar-refractivity contribution < 1.29 is 19.4 Å². The number of rotatable bonds is 6. The number of nitrogens with one attached hydrogen (secondary N) is 1. The van der Waals surface area contributed by atoms with Gasteiger partial charge in [0.05, 0.1) is 24.3 Å². The number of aromatic nitrogens is 1. The zero-order valence-electron chi connectivity index (χ0n) is 17.7. The van der Waals surface area contributed by atoms with Gasteiger partial charge in [0.2, 0.25) is 5.91 Å². The number of nitrogens with zero attached hydrogens (tertiary/aromatic N) is 3. The van der Waals surface area contributed by atoms with Crippen molar-refractivity contribution in [3.63, 3.8) is 0 Å². The maximum atomic E-state index is 12.5. The third kappa shape index (κ3) is 5.06. The summed E-state index contributed by atoms with van der Waals surface area (Å²) in [6.07, 6.45) is 2.84. The van der Waals surface area contributed by atoms with E-state index in [1.165, 1.54) is 6.07 Å². The van der Waals surface area contributed by atoms with Crippen LogP contribution in [0.2, 0.25) is 0 Å². The Labute approximate surface area is 191 Å². The fourth-order valence-corrected chi connectivity index (χ4v) is 3.80. The molecule has 1 fully saturated rings. The Kier molecular flexibility index (Phi) is 6.74. The van der Waals surface area contributed by atoms with Crippen molar-refractivity contribution in [2.24, 2.45) is 0 Å². The number of aliphatic hydroxyl groups excluding tert-OH is 1. The number of amides is 2. The van der Waals surface area contributed by atoms with Crippen molar-refractivity contribution >= 4 is 17.5 Å². The molecule has 0 unspecified atom stereocenters. The van der Waals surface area contributed by atoms with E-state index in [2.05, 4.69) is 10.3 Å². The van der Waals surface area contributed by atoms with Crippen LogP contribution in [0.4, 0.5) is 5.69 Å². The lowest BCUT2D eigenvalue weighted by atomic mass is 9.98. The molecule has 2 aromatic carbocycles. The van der Waals surface area contributed by atoms with Gasteiger partial charge < -0.3 is 20.1 Å². The predicted octanol–water partition coefficient (Wildman–Crippen LogP) is 2.67. The Morgan fingerprint density at radius 2 is 2.03 bits per heavy atom. The third-order valence-electron chi connectivity index (χ3n) is 5.47. The number of aliphatic hydroxyl groups is 1. The van der Waals surface area contributed by atoms with Crippen molar-refractivity contribution in [1.82, 2.24) is 9.88 Å². The van der Waals surface area contributed by atoms with E-state index in [1.807, 2.05) is 12.1 Å². The predicted molar refractivity (Wildman–Crippen MR) is 120 cm³/mol. The molecular formula is C25H22N4O4. The molecule has 0 radical (unpaired) electrons. The molecule has 8 nitrogen and oxygen atoms in total. The number of anilines is 1. The zero-order chi connectivity index (χ0) is 23.2. The molecule has 2 N–H and O–H groups in total. The van der Waals surface area contributed by atoms with Gasteiger partial charge >= 0.3 is 0 Å². The van der Waals surface area contributed by atoms with Gasteiger partial charge in [0.1, 0.15) is 12.7 Å². The van der Waals surface area contributed by atoms with Gasteiger partial charge in [-0.05, 0) is 47.5 Å². The summed E-state index contributed by atoms with van der Waals surface area (Å²) in [4.78, 5) is 30.7. The Morgan fingerprint density at radius 3 is 2.73 bits per heavy atom. The molecule has 0 spiro atoms. The van der Waals surface area contributed by atoms with Crippen molar-refractivity contribution in [2.75, 3.05) is 18.5 Å². The third-order valence-corrected chi connectivity index (χ3v) is 5.47. The molecular weight excluding hydrogens is 420 g/mol. The van der Waals surface area contributed by atoms with Crippen LogP contribution in [0.15, 0.2) is 73.1 Å². The number of morpholine rings is 1. The molecule has 0 bridgehead atoms. The van der Waals surface area contributed by atoms with Gasteiger partial charge in [-0.1, -0.05) is 24.3 Å². The number of pyridine rings is 1. The van der Waals surface area contributed by atoms with E-state index < -0.39 is 12.1 Å². The molecule has 0 aliphatic carbocycles. The summed E-state index contributed by atoms with van der Waals surface area (Å²) in [7, 11) is 0. The summed E-state index contributed by atoms with van der Waals surface area (Å²) in [5, 5.41) is 21.9. The van der Waals surface area contributed by atoms with Crippen LogP contribution in [-0.4, -0.2) is 46.1 Å². The first kappa shape index (κ1) is 22.1. The average Bonchev–Trinajstić information content (AvgIpc) is 2.86. The van der Waals surface area contributed by atoms with Gasteiger partial charge in [0, 0.05) is 30.2 Å². The lowest BCUT2D eigenvalue weighted by Gasteiger charge is -2.40. The highest BCUT2D eigenvalue weighted by molar-refractivity contribution is 6.04. The molecule has 2 heterocycles. The van der Waals surface area contributed by atoms with Crippen LogP contribution in [-0.2, 0) is 16.1 Å². The van der Waals surface area contributed by atoms with Gasteiger partial charge in [0.25, 0.3) is 5.91 Å². The van der Waals surface area contributed by atoms with Crippen molar-refractivity contribution in [1.29, 1.82) is 5.26 Å². The number of carbonyl (C=O) groups excluding carboxylic acids is 2. The highest BCUT2D eigenvalue weighted by Crippen LogP contribution is 2.31. The maximum Gasteiger partial charge on any atom is 0.255 e. The van der Waals surface area contributed by atoms with Crippen molar-refractivity contribution in [3.8, 4) is 6.07 Å². The standard InChI is InChI=1S/C25H22N4O4/c26-12-17-3-1-5-20(11-17)25(32)28-21-8-6-19(7-9-21)24-22(15-30)29(23(31)16-33-24)14-18-4-2-10-27-13-18/h1-11,13,22,24,30H,14-16H2,(H,28,32)/t22-,24-/m1/s1. The van der Waals surface area contributed by atoms with Crippen LogP contribution in [0, 0.1) is 11.3 Å². The van der Waals surface area contributed by atoms with Crippen LogP contribution in [0.5, 0.6) is 0 Å². The fourth-order valence-electron chi connectivity index (χ4n) is 3.80. The van der Waals surface area contributed by atoms with Gasteiger partial charge in [-0.25, -0.2) is 0 Å². The Hall–Kier alpha value is -4.06. The van der Waals surface area contributed by atoms with Crippen molar-refractivity contribution in [3.05, 3.63) is 95.3 Å². The average molecular weight is 442 g/mol. The van der Waals surface area contributed by atoms with E-state index >= 15 is 0 Å². The Morgan fingerprint density at radius 1 is 1.21 bits per heavy atom. The second kappa shape index (κ2) is 10.0. The van der Waals surface area contributed by atoms with Crippen LogP contribution in [0.1, 0.15) is 33.2 Å². The minimum atomic E-state index is -0.555. The van der Waals surface area contributed by atoms with Gasteiger partial charge in [-0.15, -0.1) is 0 Å². The first-order valence-corrected chi connectivity index (χ1v) is 10.4. The number of nitriles is 1. The van der Waals surface area contributed by atoms with E-state index in [-0.39, 0.29) is 25.0 Å². The fraction of sp³-hybridized carbons (Fsp3) is 0.200. The summed E-state index contributed by atoms with van der Waals surface area (Å²) in [6.45, 7) is -0.0206. The molecule has 1 saturated heterocycles. The summed E-state index contributed by atoms with van der Waals surface area (Å²) < 4.78 is 5.78. The van der Waals surface area contributed by atoms with Crippen LogP contribution in [0.3, 0.4) is 0 Å². The molecule has 1 aliphatic heterocycles. The van der Waals surface area contributed by atoms with Crippen LogP contribution >= 0.6 is 0 Å². The first-order valence-electron chi connectivity index (χ1n) is 10.4. The molecule has 2 amide bonds. The number of benzene rings is 2. The monoisotopic (exact) mass is 442 g/mol. The van der Waals surface area contributed by atoms with Crippen LogP contribution < -0.4 is 5.32 Å². The molecule has 33 heavy (non-hydrogen) atoms. The lowest BCUT2D eigenvalue weighted by Crippen LogP contribution is -2.52. The number of ether oxygens (including phenoxy) is 1. The number of hydrogen-bond acceptors (Lipinski definition) is 6. The largest absolute Gasteiger partial charge is 0.394 e. The molecule has 1 aliphatic rings. The highest BCUT2D eigenvalue weighted by atomic mass is 16.5. The maximum absolute atomic E-state index is 12.5. The number of hydrogen-bond donors (Lipinski definition) is 2. The quantitative estimate of drug-likeness (QED) is 0.606. The highest BCUT2D eigenvalue weighted by Gasteiger charge is 2.37. The zero-order valence-corrected chi connectivity index (χ0v) is 17.7. The minimum absolute atomic E-state index is 0.0881. The Balaban J connectivity index is 1.48. The summed E-state index contributed by atoms with van der Waals surface area (Å²) in [6, 6.07) is 18.7. The SMILES string of the molecule is N#Cc1cccc(C(=O)Nc2ccc([C@H]3OCC(=O)N(Cc4cccnc4)[C@@H]3CO)cc2)c1. The summed E-state index contributed by atoms with van der Waals surface area (Å²) >= 11 is 0. The first-order chi connectivity index (χ1) is 16.1. The Bertz CT molecular complexity index is 1180. The summed E-state index contributed by atoms with van der Waals surface area (Å²) in [5.41, 5.74) is 3.02. The molecule has 166 valence electrons. The molecule has 4 rings (SSSR count). The molecule has 1 aromatic heterocycles. The number of carbonyl (C=O) groups is 2. The second-order valence-corrected chi connectivity index (χ2v) is 7.63. The van der Waals surface area contributed by atoms with Gasteiger partial charge in [-0.2, -0.15) is 5.26 Å². The van der Waals surface area contributed by atoms with E-state index in [0.717, 1.165) is 11.1 Å². The summed E-state index contributed by atoms with van der Waals surface area (Å²) in [5.74, 6) is -0.520. The molecule has 8 heteroatoms.